The number of carbonyl (C=O) groups is 2. The first-order valence-corrected chi connectivity index (χ1v) is 8.98. The monoisotopic (exact) mass is 296 g/mol. The van der Waals surface area contributed by atoms with Crippen LogP contribution in [-0.2, 0) is 9.59 Å². The Kier molecular flexibility index (Phi) is 3.73. The van der Waals surface area contributed by atoms with Crippen LogP contribution in [0.25, 0.3) is 0 Å². The molecule has 2 saturated carbocycles. The van der Waals surface area contributed by atoms with Crippen LogP contribution in [-0.4, -0.2) is 46.3 Å². The number of piperazine rings is 1. The Morgan fingerprint density at radius 2 is 2.00 bits per heavy atom. The fourth-order valence-electron chi connectivity index (χ4n) is 3.76. The third-order valence-electron chi connectivity index (χ3n) is 5.18. The molecule has 0 bridgehead atoms. The van der Waals surface area contributed by atoms with Crippen LogP contribution < -0.4 is 5.32 Å². The normalized spacial score (nSPS) is 38.8. The molecular formula is C15H24N2O2S. The second-order valence-electron chi connectivity index (χ2n) is 6.64. The van der Waals surface area contributed by atoms with Gasteiger partial charge < -0.3 is 10.2 Å². The van der Waals surface area contributed by atoms with Gasteiger partial charge in [0.15, 0.2) is 0 Å². The van der Waals surface area contributed by atoms with Crippen molar-refractivity contribution in [3.63, 3.8) is 0 Å². The van der Waals surface area contributed by atoms with E-state index in [1.165, 1.54) is 12.8 Å². The number of carbonyl (C=O) groups excluding carboxylic acids is 2. The zero-order valence-electron chi connectivity index (χ0n) is 12.4. The highest BCUT2D eigenvalue weighted by molar-refractivity contribution is 7.99. The highest BCUT2D eigenvalue weighted by Crippen LogP contribution is 2.42. The maximum absolute atomic E-state index is 12.9. The molecule has 4 nitrogen and oxygen atoms in total. The molecule has 2 aliphatic carbocycles. The predicted octanol–water partition coefficient (Wildman–Crippen LogP) is 1.79. The average Bonchev–Trinajstić information content (AvgIpc) is 3.28. The van der Waals surface area contributed by atoms with Crippen molar-refractivity contribution >= 4 is 23.6 Å². The minimum absolute atomic E-state index is 0.0188. The molecule has 0 radical (unpaired) electrons. The minimum Gasteiger partial charge on any atom is -0.340 e. The van der Waals surface area contributed by atoms with Crippen molar-refractivity contribution in [3.8, 4) is 0 Å². The van der Waals surface area contributed by atoms with Gasteiger partial charge in [-0.2, -0.15) is 11.8 Å². The van der Waals surface area contributed by atoms with E-state index >= 15 is 0 Å². The van der Waals surface area contributed by atoms with Gasteiger partial charge in [-0.05, 0) is 51.2 Å². The summed E-state index contributed by atoms with van der Waals surface area (Å²) in [6, 6.07) is 0.262. The van der Waals surface area contributed by atoms with E-state index in [1.807, 2.05) is 23.6 Å². The second-order valence-corrected chi connectivity index (χ2v) is 7.77. The Balaban J connectivity index is 1.77. The lowest BCUT2D eigenvalue weighted by molar-refractivity contribution is -0.153. The zero-order valence-corrected chi connectivity index (χ0v) is 13.2. The first-order chi connectivity index (χ1) is 9.54. The van der Waals surface area contributed by atoms with Crippen LogP contribution in [0.4, 0.5) is 0 Å². The number of thioether (sulfide) groups is 1. The van der Waals surface area contributed by atoms with Crippen molar-refractivity contribution in [1.82, 2.24) is 10.2 Å². The molecule has 0 spiro atoms. The SMILES string of the molecule is CSC1CCCC(N2CC(=O)NC(C)(C3CC3)C2=O)C1. The van der Waals surface area contributed by atoms with Crippen LogP contribution in [0.5, 0.6) is 0 Å². The molecule has 0 aromatic carbocycles. The quantitative estimate of drug-likeness (QED) is 0.864. The maximum atomic E-state index is 12.9. The van der Waals surface area contributed by atoms with Gasteiger partial charge in [0, 0.05) is 11.3 Å². The minimum atomic E-state index is -0.637. The number of rotatable bonds is 3. The Hall–Kier alpha value is -0.710. The van der Waals surface area contributed by atoms with Gasteiger partial charge >= 0.3 is 0 Å². The number of hydrogen-bond donors (Lipinski definition) is 1. The molecule has 3 fully saturated rings. The Labute approximate surface area is 125 Å². The molecule has 1 N–H and O–H groups in total. The fraction of sp³-hybridized carbons (Fsp3) is 0.867. The van der Waals surface area contributed by atoms with Gasteiger partial charge in [0.25, 0.3) is 0 Å². The molecule has 1 saturated heterocycles. The Bertz CT molecular complexity index is 424. The van der Waals surface area contributed by atoms with Crippen LogP contribution in [0.15, 0.2) is 0 Å². The maximum Gasteiger partial charge on any atom is 0.249 e. The molecule has 3 unspecified atom stereocenters. The molecule has 5 heteroatoms. The molecule has 112 valence electrons. The zero-order chi connectivity index (χ0) is 14.3. The van der Waals surface area contributed by atoms with E-state index in [1.54, 1.807) is 0 Å². The first kappa shape index (κ1) is 14.2. The van der Waals surface area contributed by atoms with E-state index in [-0.39, 0.29) is 24.4 Å². The lowest BCUT2D eigenvalue weighted by Gasteiger charge is -2.45. The number of amides is 2. The summed E-state index contributed by atoms with van der Waals surface area (Å²) in [7, 11) is 0. The summed E-state index contributed by atoms with van der Waals surface area (Å²) in [5, 5.41) is 3.60. The van der Waals surface area contributed by atoms with Crippen molar-refractivity contribution in [2.24, 2.45) is 5.92 Å². The number of hydrogen-bond acceptors (Lipinski definition) is 3. The van der Waals surface area contributed by atoms with Gasteiger partial charge in [-0.3, -0.25) is 9.59 Å². The van der Waals surface area contributed by atoms with Gasteiger partial charge in [0.1, 0.15) is 5.54 Å². The Morgan fingerprint density at radius 1 is 1.25 bits per heavy atom. The summed E-state index contributed by atoms with van der Waals surface area (Å²) in [5.41, 5.74) is -0.637. The van der Waals surface area contributed by atoms with E-state index in [0.717, 1.165) is 25.7 Å². The summed E-state index contributed by atoms with van der Waals surface area (Å²) < 4.78 is 0. The van der Waals surface area contributed by atoms with Crippen molar-refractivity contribution in [3.05, 3.63) is 0 Å². The van der Waals surface area contributed by atoms with E-state index in [2.05, 4.69) is 11.6 Å². The largest absolute Gasteiger partial charge is 0.340 e. The Morgan fingerprint density at radius 3 is 2.65 bits per heavy atom. The van der Waals surface area contributed by atoms with Crippen molar-refractivity contribution in [1.29, 1.82) is 0 Å². The molecule has 3 atom stereocenters. The summed E-state index contributed by atoms with van der Waals surface area (Å²) in [5.74, 6) is 0.526. The molecule has 3 rings (SSSR count). The smallest absolute Gasteiger partial charge is 0.249 e. The standard InChI is InChI=1S/C15H24N2O2S/c1-15(10-6-7-10)14(19)17(9-13(18)16-15)11-4-3-5-12(8-11)20-2/h10-12H,3-9H2,1-2H3,(H,16,18). The molecular weight excluding hydrogens is 272 g/mol. The summed E-state index contributed by atoms with van der Waals surface area (Å²) in [6.45, 7) is 2.18. The predicted molar refractivity (Wildman–Crippen MR) is 80.5 cm³/mol. The first-order valence-electron chi connectivity index (χ1n) is 7.69. The van der Waals surface area contributed by atoms with Crippen LogP contribution in [0, 0.1) is 5.92 Å². The lowest BCUT2D eigenvalue weighted by atomic mass is 9.87. The number of nitrogens with one attached hydrogen (secondary N) is 1. The molecule has 0 aromatic heterocycles. The van der Waals surface area contributed by atoms with Crippen molar-refractivity contribution in [2.75, 3.05) is 12.8 Å². The summed E-state index contributed by atoms with van der Waals surface area (Å²) in [4.78, 5) is 26.8. The molecule has 0 aromatic rings. The highest BCUT2D eigenvalue weighted by Gasteiger charge is 2.53. The van der Waals surface area contributed by atoms with Gasteiger partial charge in [-0.25, -0.2) is 0 Å². The molecule has 1 heterocycles. The van der Waals surface area contributed by atoms with E-state index < -0.39 is 5.54 Å². The lowest BCUT2D eigenvalue weighted by Crippen LogP contribution is -2.68. The third-order valence-corrected chi connectivity index (χ3v) is 6.28. The van der Waals surface area contributed by atoms with Crippen LogP contribution in [0.3, 0.4) is 0 Å². The third kappa shape index (κ3) is 2.45. The van der Waals surface area contributed by atoms with Crippen molar-refractivity contribution in [2.45, 2.75) is 62.3 Å². The molecule has 20 heavy (non-hydrogen) atoms. The fourth-order valence-corrected chi connectivity index (χ4v) is 4.57. The second kappa shape index (κ2) is 5.24. The molecule has 1 aliphatic heterocycles. The van der Waals surface area contributed by atoms with Crippen LogP contribution in [0.2, 0.25) is 0 Å². The van der Waals surface area contributed by atoms with Gasteiger partial charge in [-0.1, -0.05) is 6.42 Å². The highest BCUT2D eigenvalue weighted by atomic mass is 32.2. The van der Waals surface area contributed by atoms with Crippen LogP contribution in [0.1, 0.15) is 45.4 Å². The topological polar surface area (TPSA) is 49.4 Å². The van der Waals surface area contributed by atoms with E-state index in [0.29, 0.717) is 11.2 Å². The van der Waals surface area contributed by atoms with Gasteiger partial charge in [0.05, 0.1) is 6.54 Å². The van der Waals surface area contributed by atoms with E-state index in [4.69, 9.17) is 0 Å². The summed E-state index contributed by atoms with van der Waals surface area (Å²) >= 11 is 1.90. The molecule has 3 aliphatic rings. The average molecular weight is 296 g/mol. The van der Waals surface area contributed by atoms with Crippen molar-refractivity contribution < 1.29 is 9.59 Å². The summed E-state index contributed by atoms with van der Waals surface area (Å²) in [6.07, 6.45) is 8.78. The molecule has 2 amide bonds. The van der Waals surface area contributed by atoms with Gasteiger partial charge in [0.2, 0.25) is 11.8 Å². The van der Waals surface area contributed by atoms with Crippen LogP contribution >= 0.6 is 11.8 Å². The number of nitrogens with zero attached hydrogens (tertiary/aromatic N) is 1. The van der Waals surface area contributed by atoms with E-state index in [9.17, 15) is 9.59 Å². The van der Waals surface area contributed by atoms with Gasteiger partial charge in [-0.15, -0.1) is 0 Å².